The number of rotatable bonds is 5. The van der Waals surface area contributed by atoms with E-state index in [1.807, 2.05) is 0 Å². The summed E-state index contributed by atoms with van der Waals surface area (Å²) in [6.45, 7) is 4.99. The van der Waals surface area contributed by atoms with Crippen LogP contribution in [0.1, 0.15) is 45.0 Å². The first kappa shape index (κ1) is 16.9. The molecule has 3 heterocycles. The predicted octanol–water partition coefficient (Wildman–Crippen LogP) is 1.44. The Bertz CT molecular complexity index is 799. The molecule has 1 saturated heterocycles. The van der Waals surface area contributed by atoms with Crippen LogP contribution in [0.5, 0.6) is 0 Å². The zero-order chi connectivity index (χ0) is 18.1. The molecule has 2 amide bonds. The Balaban J connectivity index is 1.31. The van der Waals surface area contributed by atoms with E-state index in [1.165, 1.54) is 4.90 Å². The smallest absolute Gasteiger partial charge is 0.261 e. The fraction of sp³-hybridized carbons (Fsp3) is 0.444. The highest BCUT2D eigenvalue weighted by Gasteiger charge is 2.34. The van der Waals surface area contributed by atoms with Gasteiger partial charge in [-0.05, 0) is 18.6 Å². The van der Waals surface area contributed by atoms with E-state index in [4.69, 9.17) is 9.26 Å². The molecule has 1 fully saturated rings. The number of ether oxygens (including phenoxy) is 1. The number of benzene rings is 1. The van der Waals surface area contributed by atoms with Crippen molar-refractivity contribution in [2.24, 2.45) is 0 Å². The average molecular weight is 356 g/mol. The van der Waals surface area contributed by atoms with E-state index < -0.39 is 0 Å². The summed E-state index contributed by atoms with van der Waals surface area (Å²) in [5.74, 6) is 0.680. The molecular weight excluding hydrogens is 336 g/mol. The predicted molar refractivity (Wildman–Crippen MR) is 90.6 cm³/mol. The van der Waals surface area contributed by atoms with Crippen LogP contribution in [0.25, 0.3) is 0 Å². The van der Waals surface area contributed by atoms with E-state index in [0.29, 0.717) is 49.0 Å². The van der Waals surface area contributed by atoms with Crippen molar-refractivity contribution in [2.75, 3.05) is 32.8 Å². The van der Waals surface area contributed by atoms with E-state index in [0.717, 1.165) is 13.1 Å². The fourth-order valence-electron chi connectivity index (χ4n) is 3.40. The van der Waals surface area contributed by atoms with Gasteiger partial charge in [-0.1, -0.05) is 17.3 Å². The minimum absolute atomic E-state index is 0.201. The Morgan fingerprint density at radius 1 is 1.15 bits per heavy atom. The molecule has 0 saturated carbocycles. The van der Waals surface area contributed by atoms with Gasteiger partial charge in [0.25, 0.3) is 11.8 Å². The summed E-state index contributed by atoms with van der Waals surface area (Å²) in [4.78, 5) is 32.5. The molecule has 2 aliphatic rings. The van der Waals surface area contributed by atoms with Gasteiger partial charge in [0.15, 0.2) is 0 Å². The van der Waals surface area contributed by atoms with Crippen LogP contribution in [0.15, 0.2) is 28.8 Å². The molecule has 136 valence electrons. The third-order valence-corrected chi connectivity index (χ3v) is 4.72. The first-order valence-corrected chi connectivity index (χ1v) is 8.73. The molecule has 1 aromatic carbocycles. The van der Waals surface area contributed by atoms with Crippen molar-refractivity contribution in [3.63, 3.8) is 0 Å². The lowest BCUT2D eigenvalue weighted by Crippen LogP contribution is -2.40. The normalized spacial score (nSPS) is 20.7. The van der Waals surface area contributed by atoms with Crippen LogP contribution < -0.4 is 0 Å². The zero-order valence-corrected chi connectivity index (χ0v) is 14.6. The second kappa shape index (κ2) is 6.97. The van der Waals surface area contributed by atoms with Crippen molar-refractivity contribution in [2.45, 2.75) is 19.4 Å². The van der Waals surface area contributed by atoms with E-state index in [9.17, 15) is 9.59 Å². The second-order valence-electron chi connectivity index (χ2n) is 6.49. The monoisotopic (exact) mass is 356 g/mol. The first-order valence-electron chi connectivity index (χ1n) is 8.73. The van der Waals surface area contributed by atoms with Gasteiger partial charge in [0.1, 0.15) is 6.10 Å². The van der Waals surface area contributed by atoms with Crippen molar-refractivity contribution in [3.8, 4) is 0 Å². The van der Waals surface area contributed by atoms with Crippen LogP contribution in [0.2, 0.25) is 0 Å². The van der Waals surface area contributed by atoms with Gasteiger partial charge >= 0.3 is 0 Å². The van der Waals surface area contributed by atoms with Crippen molar-refractivity contribution in [1.29, 1.82) is 0 Å². The highest BCUT2D eigenvalue weighted by atomic mass is 16.5. The summed E-state index contributed by atoms with van der Waals surface area (Å²) in [7, 11) is 0. The van der Waals surface area contributed by atoms with Crippen LogP contribution in [-0.4, -0.2) is 64.5 Å². The van der Waals surface area contributed by atoms with Crippen LogP contribution in [0.4, 0.5) is 0 Å². The number of carbonyl (C=O) groups is 2. The summed E-state index contributed by atoms with van der Waals surface area (Å²) in [5.41, 5.74) is 0.993. The minimum Gasteiger partial charge on any atom is -0.367 e. The SMILES string of the molecule is Cc1nc([C@H]2CN(CCCN3C(=O)c4ccccc4C3=O)CCO2)no1. The number of amides is 2. The molecular formula is C18H20N4O4. The lowest BCUT2D eigenvalue weighted by molar-refractivity contribution is -0.0357. The van der Waals surface area contributed by atoms with Gasteiger partial charge in [0.2, 0.25) is 11.7 Å². The summed E-state index contributed by atoms with van der Waals surface area (Å²) in [6.07, 6.45) is 0.504. The maximum absolute atomic E-state index is 12.4. The quantitative estimate of drug-likeness (QED) is 0.749. The molecule has 4 rings (SSSR count). The summed E-state index contributed by atoms with van der Waals surface area (Å²) in [5, 5.41) is 3.92. The molecule has 1 atom stereocenters. The number of imide groups is 1. The van der Waals surface area contributed by atoms with Crippen LogP contribution in [0, 0.1) is 6.92 Å². The van der Waals surface area contributed by atoms with Crippen molar-refractivity contribution in [3.05, 3.63) is 47.1 Å². The van der Waals surface area contributed by atoms with Crippen LogP contribution in [0.3, 0.4) is 0 Å². The first-order chi connectivity index (χ1) is 12.6. The second-order valence-corrected chi connectivity index (χ2v) is 6.49. The standard InChI is InChI=1S/C18H20N4O4/c1-12-19-16(20-26-12)15-11-21(9-10-25-15)7-4-8-22-17(23)13-5-2-3-6-14(13)18(22)24/h2-3,5-6,15H,4,7-11H2,1H3/t15-/m1/s1. The number of aromatic nitrogens is 2. The van der Waals surface area contributed by atoms with E-state index in [2.05, 4.69) is 15.0 Å². The number of morpholine rings is 1. The number of hydrogen-bond donors (Lipinski definition) is 0. The molecule has 0 aliphatic carbocycles. The number of nitrogens with zero attached hydrogens (tertiary/aromatic N) is 4. The molecule has 0 bridgehead atoms. The van der Waals surface area contributed by atoms with Gasteiger partial charge in [-0.2, -0.15) is 4.98 Å². The summed E-state index contributed by atoms with van der Waals surface area (Å²) < 4.78 is 10.7. The fourth-order valence-corrected chi connectivity index (χ4v) is 3.40. The largest absolute Gasteiger partial charge is 0.367 e. The molecule has 0 N–H and O–H groups in total. The summed E-state index contributed by atoms with van der Waals surface area (Å²) in [6, 6.07) is 6.96. The van der Waals surface area contributed by atoms with Gasteiger partial charge in [0, 0.05) is 33.1 Å². The topological polar surface area (TPSA) is 88.8 Å². The lowest BCUT2D eigenvalue weighted by Gasteiger charge is -2.31. The van der Waals surface area contributed by atoms with Gasteiger partial charge in [-0.3, -0.25) is 19.4 Å². The molecule has 0 radical (unpaired) electrons. The van der Waals surface area contributed by atoms with Gasteiger partial charge in [-0.25, -0.2) is 0 Å². The Morgan fingerprint density at radius 2 is 1.88 bits per heavy atom. The van der Waals surface area contributed by atoms with Crippen molar-refractivity contribution >= 4 is 11.8 Å². The number of fused-ring (bicyclic) bond motifs is 1. The van der Waals surface area contributed by atoms with Crippen molar-refractivity contribution < 1.29 is 18.8 Å². The molecule has 8 heteroatoms. The third kappa shape index (κ3) is 3.13. The Kier molecular flexibility index (Phi) is 4.52. The molecule has 0 spiro atoms. The van der Waals surface area contributed by atoms with E-state index >= 15 is 0 Å². The number of carbonyl (C=O) groups excluding carboxylic acids is 2. The van der Waals surface area contributed by atoms with E-state index in [-0.39, 0.29) is 17.9 Å². The average Bonchev–Trinajstić information content (AvgIpc) is 3.20. The van der Waals surface area contributed by atoms with Gasteiger partial charge < -0.3 is 9.26 Å². The summed E-state index contributed by atoms with van der Waals surface area (Å²) >= 11 is 0. The molecule has 8 nitrogen and oxygen atoms in total. The van der Waals surface area contributed by atoms with Crippen LogP contribution >= 0.6 is 0 Å². The Labute approximate surface area is 150 Å². The van der Waals surface area contributed by atoms with E-state index in [1.54, 1.807) is 31.2 Å². The zero-order valence-electron chi connectivity index (χ0n) is 14.6. The minimum atomic E-state index is -0.208. The lowest BCUT2D eigenvalue weighted by atomic mass is 10.1. The molecule has 2 aromatic rings. The third-order valence-electron chi connectivity index (χ3n) is 4.72. The highest BCUT2D eigenvalue weighted by molar-refractivity contribution is 6.21. The Hall–Kier alpha value is -2.58. The molecule has 0 unspecified atom stereocenters. The number of hydrogen-bond acceptors (Lipinski definition) is 7. The highest BCUT2D eigenvalue weighted by Crippen LogP contribution is 2.23. The molecule has 26 heavy (non-hydrogen) atoms. The Morgan fingerprint density at radius 3 is 2.54 bits per heavy atom. The maximum Gasteiger partial charge on any atom is 0.261 e. The van der Waals surface area contributed by atoms with Crippen LogP contribution in [-0.2, 0) is 4.74 Å². The van der Waals surface area contributed by atoms with Crippen molar-refractivity contribution in [1.82, 2.24) is 19.9 Å². The molecule has 1 aromatic heterocycles. The van der Waals surface area contributed by atoms with Gasteiger partial charge in [0.05, 0.1) is 17.7 Å². The maximum atomic E-state index is 12.4. The number of aryl methyl sites for hydroxylation is 1. The molecule has 2 aliphatic heterocycles. The van der Waals surface area contributed by atoms with Gasteiger partial charge in [-0.15, -0.1) is 0 Å².